The summed E-state index contributed by atoms with van der Waals surface area (Å²) in [5.74, 6) is -0.326. The summed E-state index contributed by atoms with van der Waals surface area (Å²) in [6.45, 7) is 0.420. The number of benzene rings is 3. The van der Waals surface area contributed by atoms with E-state index in [9.17, 15) is 19.7 Å². The summed E-state index contributed by atoms with van der Waals surface area (Å²) in [6, 6.07) is 23.5. The van der Waals surface area contributed by atoms with Crippen LogP contribution >= 0.6 is 0 Å². The Hall–Kier alpha value is -4.20. The summed E-state index contributed by atoms with van der Waals surface area (Å²) in [6.07, 6.45) is 0.665. The van der Waals surface area contributed by atoms with Crippen molar-refractivity contribution in [2.45, 2.75) is 13.0 Å². The molecule has 0 saturated heterocycles. The average molecular weight is 445 g/mol. The highest BCUT2D eigenvalue weighted by molar-refractivity contribution is 6.02. The number of nitro groups is 1. The van der Waals surface area contributed by atoms with Crippen molar-refractivity contribution in [1.29, 1.82) is 0 Å². The predicted molar refractivity (Wildman–Crippen MR) is 123 cm³/mol. The molecule has 0 unspecified atom stereocenters. The van der Waals surface area contributed by atoms with E-state index in [4.69, 9.17) is 4.74 Å². The Morgan fingerprint density at radius 2 is 1.67 bits per heavy atom. The van der Waals surface area contributed by atoms with Crippen LogP contribution in [-0.4, -0.2) is 41.3 Å². The molecular weight excluding hydrogens is 422 g/mol. The number of hydrogen-bond donors (Lipinski definition) is 0. The number of nitrogens with zero attached hydrogens (tertiary/aromatic N) is 3. The van der Waals surface area contributed by atoms with Gasteiger partial charge in [0.1, 0.15) is 12.3 Å². The Morgan fingerprint density at radius 1 is 1.00 bits per heavy atom. The van der Waals surface area contributed by atoms with Gasteiger partial charge in [0.2, 0.25) is 5.91 Å². The standard InChI is InChI=1S/C25H23N3O5/c29-24(17-27-22-15-21(28(31)32)11-12-23(22)33-18-25(27)30)26(16-20-9-5-2-6-10-20)14-13-19-7-3-1-4-8-19/h1-12,15H,13-14,16-18H2. The summed E-state index contributed by atoms with van der Waals surface area (Å²) >= 11 is 0. The van der Waals surface area contributed by atoms with Crippen molar-refractivity contribution in [2.24, 2.45) is 0 Å². The average Bonchev–Trinajstić information content (AvgIpc) is 2.84. The van der Waals surface area contributed by atoms with Crippen LogP contribution in [0.1, 0.15) is 11.1 Å². The molecule has 8 nitrogen and oxygen atoms in total. The van der Waals surface area contributed by atoms with Crippen LogP contribution in [-0.2, 0) is 22.6 Å². The molecule has 0 spiro atoms. The van der Waals surface area contributed by atoms with E-state index in [2.05, 4.69) is 0 Å². The zero-order chi connectivity index (χ0) is 23.2. The van der Waals surface area contributed by atoms with Crippen molar-refractivity contribution in [3.63, 3.8) is 0 Å². The van der Waals surface area contributed by atoms with E-state index in [0.717, 1.165) is 11.1 Å². The lowest BCUT2D eigenvalue weighted by Crippen LogP contribution is -2.46. The quantitative estimate of drug-likeness (QED) is 0.390. The second-order valence-corrected chi connectivity index (χ2v) is 7.71. The minimum atomic E-state index is -0.541. The Balaban J connectivity index is 1.56. The molecule has 0 atom stereocenters. The maximum Gasteiger partial charge on any atom is 0.271 e. The topological polar surface area (TPSA) is 93.0 Å². The Labute approximate surface area is 191 Å². The lowest BCUT2D eigenvalue weighted by Gasteiger charge is -2.31. The van der Waals surface area contributed by atoms with Gasteiger partial charge in [-0.15, -0.1) is 0 Å². The molecule has 0 fully saturated rings. The minimum Gasteiger partial charge on any atom is -0.482 e. The van der Waals surface area contributed by atoms with Gasteiger partial charge in [-0.2, -0.15) is 0 Å². The lowest BCUT2D eigenvalue weighted by molar-refractivity contribution is -0.384. The van der Waals surface area contributed by atoms with Crippen LogP contribution in [0.5, 0.6) is 5.75 Å². The van der Waals surface area contributed by atoms with Crippen LogP contribution in [0.2, 0.25) is 0 Å². The third kappa shape index (κ3) is 5.35. The first kappa shape index (κ1) is 22.0. The fourth-order valence-electron chi connectivity index (χ4n) is 3.72. The number of amides is 2. The van der Waals surface area contributed by atoms with E-state index in [1.54, 1.807) is 4.90 Å². The molecule has 0 bridgehead atoms. The molecule has 8 heteroatoms. The van der Waals surface area contributed by atoms with Crippen molar-refractivity contribution in [3.8, 4) is 5.75 Å². The van der Waals surface area contributed by atoms with Gasteiger partial charge in [0.15, 0.2) is 6.61 Å². The molecule has 0 radical (unpaired) electrons. The summed E-state index contributed by atoms with van der Waals surface area (Å²) < 4.78 is 5.41. The number of ether oxygens (including phenoxy) is 1. The first-order valence-electron chi connectivity index (χ1n) is 10.6. The van der Waals surface area contributed by atoms with Gasteiger partial charge in [-0.3, -0.25) is 24.6 Å². The number of anilines is 1. The molecule has 1 aliphatic rings. The maximum atomic E-state index is 13.4. The molecule has 0 saturated carbocycles. The molecule has 3 aromatic carbocycles. The molecule has 168 valence electrons. The molecule has 33 heavy (non-hydrogen) atoms. The summed E-state index contributed by atoms with van der Waals surface area (Å²) in [5.41, 5.74) is 2.14. The number of fused-ring (bicyclic) bond motifs is 1. The molecule has 0 aliphatic carbocycles. The Bertz CT molecular complexity index is 1150. The number of nitro benzene ring substituents is 1. The van der Waals surface area contributed by atoms with Crippen LogP contribution in [0, 0.1) is 10.1 Å². The van der Waals surface area contributed by atoms with Crippen molar-refractivity contribution in [1.82, 2.24) is 4.90 Å². The molecule has 1 aliphatic heterocycles. The van der Waals surface area contributed by atoms with Crippen LogP contribution in [0.3, 0.4) is 0 Å². The second kappa shape index (κ2) is 9.95. The van der Waals surface area contributed by atoms with Crippen molar-refractivity contribution in [2.75, 3.05) is 24.6 Å². The summed E-state index contributed by atoms with van der Waals surface area (Å²) in [5, 5.41) is 11.2. The third-order valence-corrected chi connectivity index (χ3v) is 5.47. The Kier molecular flexibility index (Phi) is 6.64. The van der Waals surface area contributed by atoms with E-state index < -0.39 is 10.8 Å². The van der Waals surface area contributed by atoms with Gasteiger partial charge in [0.05, 0.1) is 10.6 Å². The number of carbonyl (C=O) groups excluding carboxylic acids is 2. The van der Waals surface area contributed by atoms with Gasteiger partial charge in [-0.25, -0.2) is 0 Å². The zero-order valence-electron chi connectivity index (χ0n) is 17.9. The number of hydrogen-bond acceptors (Lipinski definition) is 5. The molecule has 2 amide bonds. The third-order valence-electron chi connectivity index (χ3n) is 5.47. The van der Waals surface area contributed by atoms with Crippen LogP contribution in [0.15, 0.2) is 78.9 Å². The van der Waals surface area contributed by atoms with Gasteiger partial charge in [-0.05, 0) is 23.6 Å². The van der Waals surface area contributed by atoms with Crippen molar-refractivity contribution in [3.05, 3.63) is 100 Å². The van der Waals surface area contributed by atoms with Crippen molar-refractivity contribution < 1.29 is 19.2 Å². The van der Waals surface area contributed by atoms with E-state index >= 15 is 0 Å². The highest BCUT2D eigenvalue weighted by Crippen LogP contribution is 2.35. The van der Waals surface area contributed by atoms with Gasteiger partial charge in [-0.1, -0.05) is 60.7 Å². The van der Waals surface area contributed by atoms with E-state index in [0.29, 0.717) is 25.3 Å². The van der Waals surface area contributed by atoms with Gasteiger partial charge in [0, 0.05) is 25.2 Å². The summed E-state index contributed by atoms with van der Waals surface area (Å²) in [4.78, 5) is 39.6. The Morgan fingerprint density at radius 3 is 2.33 bits per heavy atom. The van der Waals surface area contributed by atoms with E-state index in [-0.39, 0.29) is 30.4 Å². The maximum absolute atomic E-state index is 13.4. The van der Waals surface area contributed by atoms with Crippen molar-refractivity contribution >= 4 is 23.2 Å². The first-order chi connectivity index (χ1) is 16.0. The normalized spacial score (nSPS) is 12.6. The molecule has 3 aromatic rings. The lowest BCUT2D eigenvalue weighted by atomic mass is 10.1. The van der Waals surface area contributed by atoms with Gasteiger partial charge < -0.3 is 9.64 Å². The summed E-state index contributed by atoms with van der Waals surface area (Å²) in [7, 11) is 0. The van der Waals surface area contributed by atoms with Crippen LogP contribution in [0.4, 0.5) is 11.4 Å². The molecular formula is C25H23N3O5. The van der Waals surface area contributed by atoms with E-state index in [1.165, 1.54) is 23.1 Å². The van der Waals surface area contributed by atoms with Gasteiger partial charge >= 0.3 is 0 Å². The first-order valence-corrected chi connectivity index (χ1v) is 10.6. The zero-order valence-corrected chi connectivity index (χ0v) is 17.9. The smallest absolute Gasteiger partial charge is 0.271 e. The fraction of sp³-hybridized carbons (Fsp3) is 0.200. The highest BCUT2D eigenvalue weighted by atomic mass is 16.6. The highest BCUT2D eigenvalue weighted by Gasteiger charge is 2.30. The SMILES string of the molecule is O=C(CN1C(=O)COc2ccc([N+](=O)[O-])cc21)N(CCc1ccccc1)Cc1ccccc1. The molecule has 0 aromatic heterocycles. The second-order valence-electron chi connectivity index (χ2n) is 7.71. The van der Waals surface area contributed by atoms with Crippen LogP contribution < -0.4 is 9.64 Å². The number of non-ortho nitro benzene ring substituents is 1. The van der Waals surface area contributed by atoms with E-state index in [1.807, 2.05) is 60.7 Å². The largest absolute Gasteiger partial charge is 0.482 e. The molecule has 1 heterocycles. The predicted octanol–water partition coefficient (Wildman–Crippen LogP) is 3.59. The molecule has 4 rings (SSSR count). The number of carbonyl (C=O) groups is 2. The number of rotatable bonds is 8. The minimum absolute atomic E-state index is 0.172. The fourth-order valence-corrected chi connectivity index (χ4v) is 3.72. The van der Waals surface area contributed by atoms with Gasteiger partial charge in [0.25, 0.3) is 11.6 Å². The monoisotopic (exact) mass is 445 g/mol. The van der Waals surface area contributed by atoms with Crippen LogP contribution in [0.25, 0.3) is 0 Å². The molecule has 0 N–H and O–H groups in total.